The Bertz CT molecular complexity index is 331. The van der Waals surface area contributed by atoms with Gasteiger partial charge >= 0.3 is 6.03 Å². The first-order valence-electron chi connectivity index (χ1n) is 8.02. The number of carbonyl (C=O) groups is 1. The van der Waals surface area contributed by atoms with Crippen LogP contribution >= 0.6 is 0 Å². The molecular weight excluding hydrogens is 256 g/mol. The van der Waals surface area contributed by atoms with Gasteiger partial charge in [-0.2, -0.15) is 0 Å². The summed E-state index contributed by atoms with van der Waals surface area (Å²) in [5.41, 5.74) is 0. The van der Waals surface area contributed by atoms with E-state index in [-0.39, 0.29) is 12.1 Å². The van der Waals surface area contributed by atoms with Crippen LogP contribution in [0, 0.1) is 17.8 Å². The number of urea groups is 1. The van der Waals surface area contributed by atoms with Crippen LogP contribution in [0.15, 0.2) is 0 Å². The van der Waals surface area contributed by atoms with Crippen molar-refractivity contribution in [3.05, 3.63) is 0 Å². The Morgan fingerprint density at radius 2 is 2.10 bits per heavy atom. The van der Waals surface area contributed by atoms with Crippen molar-refractivity contribution in [1.82, 2.24) is 10.6 Å². The predicted octanol–water partition coefficient (Wildman–Crippen LogP) is 1.53. The van der Waals surface area contributed by atoms with Gasteiger partial charge in [0.1, 0.15) is 0 Å². The highest BCUT2D eigenvalue weighted by atomic mass is 16.6. The minimum Gasteiger partial charge on any atom is -0.376 e. The summed E-state index contributed by atoms with van der Waals surface area (Å²) in [4.78, 5) is 11.7. The molecule has 2 saturated carbocycles. The van der Waals surface area contributed by atoms with Crippen LogP contribution in [0.1, 0.15) is 32.1 Å². The van der Waals surface area contributed by atoms with E-state index in [1.54, 1.807) is 0 Å². The van der Waals surface area contributed by atoms with Crippen molar-refractivity contribution in [3.8, 4) is 0 Å². The average Bonchev–Trinajstić information content (AvgIpc) is 3.09. The fourth-order valence-corrected chi connectivity index (χ4v) is 4.02. The SMILES string of the molecule is O=C(NCC[C@H]1C[C@H]2CC[C@H]1C2)NC[C@H]1COCCO1. The second kappa shape index (κ2) is 6.76. The highest BCUT2D eigenvalue weighted by Gasteiger charge is 2.38. The molecule has 20 heavy (non-hydrogen) atoms. The van der Waals surface area contributed by atoms with E-state index >= 15 is 0 Å². The Balaban J connectivity index is 1.25. The maximum atomic E-state index is 11.7. The van der Waals surface area contributed by atoms with Crippen LogP contribution in [0.5, 0.6) is 0 Å². The molecule has 2 bridgehead atoms. The van der Waals surface area contributed by atoms with E-state index in [1.165, 1.54) is 25.7 Å². The molecule has 0 spiro atoms. The fraction of sp³-hybridized carbons (Fsp3) is 0.933. The molecule has 0 aromatic carbocycles. The fourth-order valence-electron chi connectivity index (χ4n) is 4.02. The van der Waals surface area contributed by atoms with Gasteiger partial charge in [0.05, 0.1) is 25.9 Å². The van der Waals surface area contributed by atoms with Crippen molar-refractivity contribution in [3.63, 3.8) is 0 Å². The van der Waals surface area contributed by atoms with Crippen molar-refractivity contribution in [2.24, 2.45) is 17.8 Å². The van der Waals surface area contributed by atoms with E-state index in [0.717, 1.165) is 30.7 Å². The standard InChI is InChI=1S/C15H26N2O3/c18-15(17-9-14-10-19-5-6-20-14)16-4-3-13-8-11-1-2-12(13)7-11/h11-14H,1-10H2,(H2,16,17,18)/t11-,12-,13-,14-/m0/s1. The summed E-state index contributed by atoms with van der Waals surface area (Å²) in [6, 6.07) is -0.0812. The molecule has 5 nitrogen and oxygen atoms in total. The number of rotatable bonds is 5. The summed E-state index contributed by atoms with van der Waals surface area (Å²) < 4.78 is 10.8. The van der Waals surface area contributed by atoms with E-state index in [9.17, 15) is 4.79 Å². The van der Waals surface area contributed by atoms with Gasteiger partial charge in [-0.3, -0.25) is 0 Å². The van der Waals surface area contributed by atoms with Crippen molar-refractivity contribution in [2.75, 3.05) is 32.9 Å². The molecule has 1 heterocycles. The molecule has 3 rings (SSSR count). The molecule has 2 amide bonds. The first kappa shape index (κ1) is 14.1. The van der Waals surface area contributed by atoms with E-state index in [1.807, 2.05) is 0 Å². The number of amides is 2. The molecule has 0 unspecified atom stereocenters. The van der Waals surface area contributed by atoms with Crippen LogP contribution in [0.2, 0.25) is 0 Å². The van der Waals surface area contributed by atoms with E-state index in [4.69, 9.17) is 9.47 Å². The minimum atomic E-state index is -0.0812. The molecule has 0 aromatic heterocycles. The lowest BCUT2D eigenvalue weighted by Gasteiger charge is -2.23. The van der Waals surface area contributed by atoms with Crippen molar-refractivity contribution in [1.29, 1.82) is 0 Å². The van der Waals surface area contributed by atoms with Crippen molar-refractivity contribution >= 4 is 6.03 Å². The molecule has 2 aliphatic carbocycles. The summed E-state index contributed by atoms with van der Waals surface area (Å²) >= 11 is 0. The maximum Gasteiger partial charge on any atom is 0.314 e. The third-order valence-corrected chi connectivity index (χ3v) is 5.06. The van der Waals surface area contributed by atoms with Crippen molar-refractivity contribution in [2.45, 2.75) is 38.2 Å². The zero-order valence-electron chi connectivity index (χ0n) is 12.1. The lowest BCUT2D eigenvalue weighted by Crippen LogP contribution is -2.44. The number of hydrogen-bond acceptors (Lipinski definition) is 3. The monoisotopic (exact) mass is 282 g/mol. The topological polar surface area (TPSA) is 59.6 Å². The van der Waals surface area contributed by atoms with Gasteiger partial charge < -0.3 is 20.1 Å². The number of hydrogen-bond donors (Lipinski definition) is 2. The summed E-state index contributed by atoms with van der Waals surface area (Å²) in [6.45, 7) is 3.18. The average molecular weight is 282 g/mol. The van der Waals surface area contributed by atoms with Crippen LogP contribution in [-0.2, 0) is 9.47 Å². The second-order valence-corrected chi connectivity index (χ2v) is 6.43. The second-order valence-electron chi connectivity index (χ2n) is 6.43. The number of nitrogens with one attached hydrogen (secondary N) is 2. The summed E-state index contributed by atoms with van der Waals surface area (Å²) in [7, 11) is 0. The third-order valence-electron chi connectivity index (χ3n) is 5.06. The van der Waals surface area contributed by atoms with Crippen LogP contribution in [0.4, 0.5) is 4.79 Å². The largest absolute Gasteiger partial charge is 0.376 e. The lowest BCUT2D eigenvalue weighted by molar-refractivity contribution is -0.0853. The predicted molar refractivity (Wildman–Crippen MR) is 75.5 cm³/mol. The Kier molecular flexibility index (Phi) is 4.78. The molecular formula is C15H26N2O3. The van der Waals surface area contributed by atoms with Gasteiger partial charge in [-0.15, -0.1) is 0 Å². The first-order chi connectivity index (χ1) is 9.81. The number of carbonyl (C=O) groups excluding carboxylic acids is 1. The summed E-state index contributed by atoms with van der Waals surface area (Å²) in [5, 5.41) is 5.82. The molecule has 0 aromatic rings. The smallest absolute Gasteiger partial charge is 0.314 e. The first-order valence-corrected chi connectivity index (χ1v) is 8.02. The van der Waals surface area contributed by atoms with Crippen molar-refractivity contribution < 1.29 is 14.3 Å². The zero-order chi connectivity index (χ0) is 13.8. The van der Waals surface area contributed by atoms with Gasteiger partial charge in [-0.05, 0) is 43.4 Å². The molecule has 1 aliphatic heterocycles. The minimum absolute atomic E-state index is 0.0000618. The lowest BCUT2D eigenvalue weighted by atomic mass is 9.86. The molecule has 1 saturated heterocycles. The Morgan fingerprint density at radius 3 is 2.80 bits per heavy atom. The zero-order valence-corrected chi connectivity index (χ0v) is 12.1. The van der Waals surface area contributed by atoms with E-state index in [0.29, 0.717) is 26.4 Å². The molecule has 2 N–H and O–H groups in total. The molecule has 5 heteroatoms. The summed E-state index contributed by atoms with van der Waals surface area (Å²) in [6.07, 6.45) is 6.83. The van der Waals surface area contributed by atoms with E-state index in [2.05, 4.69) is 10.6 Å². The third kappa shape index (κ3) is 3.64. The molecule has 0 radical (unpaired) electrons. The van der Waals surface area contributed by atoms with Gasteiger partial charge in [0.2, 0.25) is 0 Å². The van der Waals surface area contributed by atoms with Crippen LogP contribution < -0.4 is 10.6 Å². The van der Waals surface area contributed by atoms with Crippen LogP contribution in [0.3, 0.4) is 0 Å². The van der Waals surface area contributed by atoms with Crippen LogP contribution in [0.25, 0.3) is 0 Å². The van der Waals surface area contributed by atoms with Crippen LogP contribution in [-0.4, -0.2) is 45.0 Å². The number of fused-ring (bicyclic) bond motifs is 2. The maximum absolute atomic E-state index is 11.7. The molecule has 4 atom stereocenters. The normalized spacial score (nSPS) is 36.0. The molecule has 114 valence electrons. The Morgan fingerprint density at radius 1 is 1.15 bits per heavy atom. The molecule has 3 aliphatic rings. The molecule has 3 fully saturated rings. The highest BCUT2D eigenvalue weighted by molar-refractivity contribution is 5.73. The van der Waals surface area contributed by atoms with Gasteiger partial charge in [0, 0.05) is 13.1 Å². The van der Waals surface area contributed by atoms with Gasteiger partial charge in [-0.25, -0.2) is 4.79 Å². The highest BCUT2D eigenvalue weighted by Crippen LogP contribution is 2.49. The van der Waals surface area contributed by atoms with Gasteiger partial charge in [0.15, 0.2) is 0 Å². The van der Waals surface area contributed by atoms with Gasteiger partial charge in [0.25, 0.3) is 0 Å². The summed E-state index contributed by atoms with van der Waals surface area (Å²) in [5.74, 6) is 2.78. The quantitative estimate of drug-likeness (QED) is 0.804. The van der Waals surface area contributed by atoms with E-state index < -0.39 is 0 Å². The Hall–Kier alpha value is -0.810. The Labute approximate surface area is 120 Å². The number of ether oxygens (including phenoxy) is 2. The van der Waals surface area contributed by atoms with Gasteiger partial charge in [-0.1, -0.05) is 6.42 Å².